The highest BCUT2D eigenvalue weighted by Crippen LogP contribution is 2.24. The second-order valence-corrected chi connectivity index (χ2v) is 10.3. The van der Waals surface area contributed by atoms with E-state index in [1.54, 1.807) is 24.3 Å². The SMILES string of the molecule is CCOc1ccc([C@@H](C)NC(=O)c2ccc(CN(c3ccc(C)c(C)c3)S(C)(=O)=O)cc2)cc1. The van der Waals surface area contributed by atoms with Crippen LogP contribution in [0.15, 0.2) is 66.7 Å². The topological polar surface area (TPSA) is 75.7 Å². The lowest BCUT2D eigenvalue weighted by Gasteiger charge is -2.23. The number of nitrogens with one attached hydrogen (secondary N) is 1. The number of hydrogen-bond donors (Lipinski definition) is 1. The van der Waals surface area contributed by atoms with Crippen molar-refractivity contribution in [2.75, 3.05) is 17.2 Å². The molecule has 34 heavy (non-hydrogen) atoms. The third-order valence-electron chi connectivity index (χ3n) is 5.76. The predicted molar refractivity (Wildman–Crippen MR) is 137 cm³/mol. The molecule has 3 aromatic carbocycles. The quantitative estimate of drug-likeness (QED) is 0.459. The number of carbonyl (C=O) groups excluding carboxylic acids is 1. The summed E-state index contributed by atoms with van der Waals surface area (Å²) >= 11 is 0. The average molecular weight is 481 g/mol. The molecule has 6 nitrogen and oxygen atoms in total. The van der Waals surface area contributed by atoms with Gasteiger partial charge in [-0.05, 0) is 86.3 Å². The number of rotatable bonds is 9. The average Bonchev–Trinajstić information content (AvgIpc) is 2.79. The molecule has 0 bridgehead atoms. The highest BCUT2D eigenvalue weighted by Gasteiger charge is 2.19. The number of nitrogens with zero attached hydrogens (tertiary/aromatic N) is 1. The second-order valence-electron chi connectivity index (χ2n) is 8.43. The van der Waals surface area contributed by atoms with Crippen LogP contribution in [0.4, 0.5) is 5.69 Å². The number of hydrogen-bond acceptors (Lipinski definition) is 4. The molecule has 7 heteroatoms. The first kappa shape index (κ1) is 25.3. The summed E-state index contributed by atoms with van der Waals surface area (Å²) in [6.07, 6.45) is 1.20. The number of carbonyl (C=O) groups is 1. The number of amides is 1. The molecule has 0 aromatic heterocycles. The highest BCUT2D eigenvalue weighted by atomic mass is 32.2. The molecule has 0 radical (unpaired) electrons. The number of sulfonamides is 1. The van der Waals surface area contributed by atoms with Gasteiger partial charge in [0.05, 0.1) is 31.1 Å². The molecular formula is C27H32N2O4S. The lowest BCUT2D eigenvalue weighted by molar-refractivity contribution is 0.0940. The van der Waals surface area contributed by atoms with Gasteiger partial charge in [-0.1, -0.05) is 30.3 Å². The van der Waals surface area contributed by atoms with Crippen molar-refractivity contribution in [1.82, 2.24) is 5.32 Å². The monoisotopic (exact) mass is 480 g/mol. The van der Waals surface area contributed by atoms with Gasteiger partial charge < -0.3 is 10.1 Å². The zero-order valence-corrected chi connectivity index (χ0v) is 21.1. The van der Waals surface area contributed by atoms with Crippen molar-refractivity contribution >= 4 is 21.6 Å². The minimum absolute atomic E-state index is 0.173. The van der Waals surface area contributed by atoms with Gasteiger partial charge in [-0.3, -0.25) is 9.10 Å². The number of ether oxygens (including phenoxy) is 1. The van der Waals surface area contributed by atoms with Crippen molar-refractivity contribution in [2.24, 2.45) is 0 Å². The molecule has 0 heterocycles. The fourth-order valence-electron chi connectivity index (χ4n) is 3.59. The molecule has 3 rings (SSSR count). The van der Waals surface area contributed by atoms with Crippen LogP contribution < -0.4 is 14.4 Å². The summed E-state index contributed by atoms with van der Waals surface area (Å²) in [6, 6.07) is 20.1. The number of aryl methyl sites for hydroxylation is 2. The Morgan fingerprint density at radius 2 is 1.62 bits per heavy atom. The van der Waals surface area contributed by atoms with Gasteiger partial charge in [0.25, 0.3) is 5.91 Å². The highest BCUT2D eigenvalue weighted by molar-refractivity contribution is 7.92. The lowest BCUT2D eigenvalue weighted by Crippen LogP contribution is -2.29. The van der Waals surface area contributed by atoms with E-state index in [2.05, 4.69) is 5.32 Å². The maximum Gasteiger partial charge on any atom is 0.251 e. The molecular weight excluding hydrogens is 448 g/mol. The van der Waals surface area contributed by atoms with Crippen molar-refractivity contribution < 1.29 is 17.9 Å². The van der Waals surface area contributed by atoms with E-state index in [0.717, 1.165) is 28.0 Å². The van der Waals surface area contributed by atoms with Crippen LogP contribution in [0.2, 0.25) is 0 Å². The number of benzene rings is 3. The minimum Gasteiger partial charge on any atom is -0.494 e. The smallest absolute Gasteiger partial charge is 0.251 e. The third kappa shape index (κ3) is 6.38. The molecule has 1 atom stereocenters. The van der Waals surface area contributed by atoms with Crippen LogP contribution in [0.1, 0.15) is 52.5 Å². The molecule has 1 N–H and O–H groups in total. The lowest BCUT2D eigenvalue weighted by atomic mass is 10.1. The van der Waals surface area contributed by atoms with E-state index in [4.69, 9.17) is 4.74 Å². The maximum atomic E-state index is 12.7. The second kappa shape index (κ2) is 10.7. The largest absolute Gasteiger partial charge is 0.494 e. The van der Waals surface area contributed by atoms with Gasteiger partial charge >= 0.3 is 0 Å². The van der Waals surface area contributed by atoms with Crippen LogP contribution in [-0.2, 0) is 16.6 Å². The summed E-state index contributed by atoms with van der Waals surface area (Å²) in [4.78, 5) is 12.7. The van der Waals surface area contributed by atoms with Gasteiger partial charge in [-0.2, -0.15) is 0 Å². The molecule has 0 unspecified atom stereocenters. The van der Waals surface area contributed by atoms with Crippen LogP contribution in [0.3, 0.4) is 0 Å². The van der Waals surface area contributed by atoms with Crippen molar-refractivity contribution in [3.05, 3.63) is 94.5 Å². The fourth-order valence-corrected chi connectivity index (χ4v) is 4.47. The van der Waals surface area contributed by atoms with Crippen molar-refractivity contribution in [3.8, 4) is 5.75 Å². The molecule has 0 fully saturated rings. The van der Waals surface area contributed by atoms with E-state index in [9.17, 15) is 13.2 Å². The van der Waals surface area contributed by atoms with E-state index >= 15 is 0 Å². The van der Waals surface area contributed by atoms with Crippen molar-refractivity contribution in [1.29, 1.82) is 0 Å². The summed E-state index contributed by atoms with van der Waals surface area (Å²) in [5, 5.41) is 3.00. The normalized spacial score (nSPS) is 12.1. The van der Waals surface area contributed by atoms with Crippen LogP contribution in [0.5, 0.6) is 5.75 Å². The Morgan fingerprint density at radius 3 is 2.18 bits per heavy atom. The van der Waals surface area contributed by atoms with Crippen LogP contribution in [0.25, 0.3) is 0 Å². The minimum atomic E-state index is -3.48. The Hall–Kier alpha value is -3.32. The summed E-state index contributed by atoms with van der Waals surface area (Å²) in [7, 11) is -3.48. The molecule has 0 aliphatic heterocycles. The Morgan fingerprint density at radius 1 is 0.971 bits per heavy atom. The molecule has 0 aliphatic rings. The van der Waals surface area contributed by atoms with Gasteiger partial charge in [0.1, 0.15) is 5.75 Å². The summed E-state index contributed by atoms with van der Waals surface area (Å²) < 4.78 is 31.8. The van der Waals surface area contributed by atoms with E-state index in [1.807, 2.05) is 70.2 Å². The Balaban J connectivity index is 1.70. The van der Waals surface area contributed by atoms with E-state index in [0.29, 0.717) is 17.9 Å². The Kier molecular flexibility index (Phi) is 7.99. The van der Waals surface area contributed by atoms with Gasteiger partial charge in [-0.15, -0.1) is 0 Å². The summed E-state index contributed by atoms with van der Waals surface area (Å²) in [6.45, 7) is 8.60. The van der Waals surface area contributed by atoms with Crippen LogP contribution >= 0.6 is 0 Å². The first-order valence-electron chi connectivity index (χ1n) is 11.3. The van der Waals surface area contributed by atoms with E-state index in [-0.39, 0.29) is 18.5 Å². The Labute approximate surface area is 202 Å². The summed E-state index contributed by atoms with van der Waals surface area (Å²) in [5.41, 5.74) is 5.03. The first-order valence-corrected chi connectivity index (χ1v) is 13.1. The van der Waals surface area contributed by atoms with Gasteiger partial charge in [0, 0.05) is 5.56 Å². The molecule has 0 saturated carbocycles. The zero-order valence-electron chi connectivity index (χ0n) is 20.3. The van der Waals surface area contributed by atoms with Gasteiger partial charge in [0.2, 0.25) is 10.0 Å². The zero-order chi connectivity index (χ0) is 24.9. The molecule has 0 saturated heterocycles. The molecule has 0 aliphatic carbocycles. The standard InChI is InChI=1S/C27H32N2O4S/c1-6-33-26-15-12-23(13-16-26)21(4)28-27(30)24-10-8-22(9-11-24)18-29(34(5,31)32)25-14-7-19(2)20(3)17-25/h7-17,21H,6,18H2,1-5H3,(H,28,30)/t21-/m1/s1. The van der Waals surface area contributed by atoms with Crippen LogP contribution in [-0.4, -0.2) is 27.2 Å². The molecule has 0 spiro atoms. The van der Waals surface area contributed by atoms with Crippen molar-refractivity contribution in [3.63, 3.8) is 0 Å². The molecule has 180 valence electrons. The summed E-state index contributed by atoms with van der Waals surface area (Å²) in [5.74, 6) is 0.603. The van der Waals surface area contributed by atoms with E-state index in [1.165, 1.54) is 10.6 Å². The van der Waals surface area contributed by atoms with E-state index < -0.39 is 10.0 Å². The van der Waals surface area contributed by atoms with Crippen LogP contribution in [0, 0.1) is 13.8 Å². The Bertz CT molecular complexity index is 1240. The number of anilines is 1. The van der Waals surface area contributed by atoms with Gasteiger partial charge in [0.15, 0.2) is 0 Å². The van der Waals surface area contributed by atoms with Crippen molar-refractivity contribution in [2.45, 2.75) is 40.3 Å². The predicted octanol–water partition coefficient (Wildman–Crippen LogP) is 5.16. The maximum absolute atomic E-state index is 12.7. The molecule has 3 aromatic rings. The fraction of sp³-hybridized carbons (Fsp3) is 0.296. The van der Waals surface area contributed by atoms with Gasteiger partial charge in [-0.25, -0.2) is 8.42 Å². The molecule has 1 amide bonds. The first-order chi connectivity index (χ1) is 16.1. The third-order valence-corrected chi connectivity index (χ3v) is 6.90.